The summed E-state index contributed by atoms with van der Waals surface area (Å²) in [6.07, 6.45) is 54.2. The van der Waals surface area contributed by atoms with Crippen LogP contribution in [0.1, 0.15) is 206 Å². The summed E-state index contributed by atoms with van der Waals surface area (Å²) in [5.41, 5.74) is 5.35. The zero-order valence-electron chi connectivity index (χ0n) is 37.7. The molecule has 0 rings (SSSR count). The first-order valence-electron chi connectivity index (χ1n) is 23.8. The Hall–Kier alpha value is -2.29. The number of nitrogens with two attached hydrogens (primary N) is 1. The van der Waals surface area contributed by atoms with E-state index in [4.69, 9.17) is 24.3 Å². The number of allylic oxidation sites excluding steroid dienone is 10. The maximum atomic E-state index is 12.6. The minimum absolute atomic E-state index is 0.0439. The van der Waals surface area contributed by atoms with Gasteiger partial charge in [0.2, 0.25) is 0 Å². The van der Waals surface area contributed by atoms with E-state index in [2.05, 4.69) is 44.2 Å². The Morgan fingerprint density at radius 2 is 0.966 bits per heavy atom. The van der Waals surface area contributed by atoms with Gasteiger partial charge in [-0.3, -0.25) is 18.6 Å². The Labute approximate surface area is 361 Å². The molecule has 0 aromatic carbocycles. The van der Waals surface area contributed by atoms with Gasteiger partial charge in [0.05, 0.1) is 13.2 Å². The summed E-state index contributed by atoms with van der Waals surface area (Å²) >= 11 is 0. The molecule has 0 fully saturated rings. The minimum atomic E-state index is -4.39. The molecule has 9 nitrogen and oxygen atoms in total. The van der Waals surface area contributed by atoms with Crippen molar-refractivity contribution in [2.75, 3.05) is 26.4 Å². The van der Waals surface area contributed by atoms with E-state index in [9.17, 15) is 19.0 Å². The molecular weight excluding hydrogens is 762 g/mol. The van der Waals surface area contributed by atoms with Crippen molar-refractivity contribution in [3.05, 3.63) is 60.8 Å². The third kappa shape index (κ3) is 45.1. The molecule has 0 aliphatic heterocycles. The van der Waals surface area contributed by atoms with Gasteiger partial charge in [-0.1, -0.05) is 203 Å². The molecule has 0 aromatic heterocycles. The van der Waals surface area contributed by atoms with Crippen molar-refractivity contribution in [2.24, 2.45) is 5.73 Å². The molecule has 0 aliphatic rings. The third-order valence-corrected chi connectivity index (χ3v) is 11.0. The van der Waals surface area contributed by atoms with Gasteiger partial charge >= 0.3 is 19.8 Å². The molecule has 2 atom stereocenters. The first-order valence-corrected chi connectivity index (χ1v) is 25.3. The lowest BCUT2D eigenvalue weighted by atomic mass is 10.0. The average molecular weight is 850 g/mol. The van der Waals surface area contributed by atoms with Crippen LogP contribution in [-0.2, 0) is 32.7 Å². The second-order valence-corrected chi connectivity index (χ2v) is 17.1. The fourth-order valence-corrected chi connectivity index (χ4v) is 7.24. The molecule has 0 aromatic rings. The molecule has 0 spiro atoms. The van der Waals surface area contributed by atoms with Gasteiger partial charge in [0.25, 0.3) is 0 Å². The van der Waals surface area contributed by atoms with Gasteiger partial charge < -0.3 is 20.1 Å². The SMILES string of the molecule is CC/C=C/C=C/C=C/C=C/CCCCCCCC(=O)OC[C@H](COP(=O)(O)OCCN)OC(=O)CCC/C=C/CCCCCCCCCCCCCCCCCCCC. The number of phosphoric ester groups is 1. The topological polar surface area (TPSA) is 134 Å². The quantitative estimate of drug-likeness (QED) is 0.0202. The van der Waals surface area contributed by atoms with Gasteiger partial charge in [-0.2, -0.15) is 0 Å². The second kappa shape index (κ2) is 45.2. The molecule has 342 valence electrons. The summed E-state index contributed by atoms with van der Waals surface area (Å²) in [6, 6.07) is 0. The molecule has 59 heavy (non-hydrogen) atoms. The van der Waals surface area contributed by atoms with Crippen molar-refractivity contribution in [3.8, 4) is 0 Å². The molecule has 0 heterocycles. The van der Waals surface area contributed by atoms with Crippen LogP contribution in [-0.4, -0.2) is 49.3 Å². The molecule has 0 saturated heterocycles. The Bertz CT molecular complexity index is 1150. The van der Waals surface area contributed by atoms with Crippen molar-refractivity contribution in [2.45, 2.75) is 213 Å². The van der Waals surface area contributed by atoms with E-state index >= 15 is 0 Å². The molecule has 1 unspecified atom stereocenters. The number of unbranched alkanes of at least 4 members (excludes halogenated alkanes) is 24. The Morgan fingerprint density at radius 3 is 1.49 bits per heavy atom. The predicted molar refractivity (Wildman–Crippen MR) is 247 cm³/mol. The number of hydrogen-bond donors (Lipinski definition) is 2. The van der Waals surface area contributed by atoms with Gasteiger partial charge in [-0.05, 0) is 51.4 Å². The summed E-state index contributed by atoms with van der Waals surface area (Å²) in [6.45, 7) is 3.55. The molecule has 0 amide bonds. The lowest BCUT2D eigenvalue weighted by molar-refractivity contribution is -0.161. The van der Waals surface area contributed by atoms with E-state index in [0.717, 1.165) is 51.4 Å². The number of rotatable bonds is 44. The van der Waals surface area contributed by atoms with Crippen molar-refractivity contribution in [1.29, 1.82) is 0 Å². The Kier molecular flexibility index (Phi) is 43.5. The Morgan fingerprint density at radius 1 is 0.525 bits per heavy atom. The van der Waals surface area contributed by atoms with E-state index in [1.165, 1.54) is 116 Å². The fourth-order valence-electron chi connectivity index (χ4n) is 6.47. The predicted octanol–water partition coefficient (Wildman–Crippen LogP) is 14.1. The number of phosphoric acid groups is 1. The van der Waals surface area contributed by atoms with Crippen molar-refractivity contribution in [3.63, 3.8) is 0 Å². The third-order valence-electron chi connectivity index (χ3n) is 9.98. The number of carbonyl (C=O) groups is 2. The molecule has 0 aliphatic carbocycles. The summed E-state index contributed by atoms with van der Waals surface area (Å²) in [5, 5.41) is 0. The van der Waals surface area contributed by atoms with E-state index in [0.29, 0.717) is 12.8 Å². The summed E-state index contributed by atoms with van der Waals surface area (Å²) < 4.78 is 32.8. The fraction of sp³-hybridized carbons (Fsp3) is 0.755. The molecule has 0 radical (unpaired) electrons. The largest absolute Gasteiger partial charge is 0.472 e. The highest BCUT2D eigenvalue weighted by Crippen LogP contribution is 2.43. The zero-order valence-corrected chi connectivity index (χ0v) is 38.6. The first-order chi connectivity index (χ1) is 28.8. The highest BCUT2D eigenvalue weighted by molar-refractivity contribution is 7.47. The van der Waals surface area contributed by atoms with Crippen LogP contribution in [0.2, 0.25) is 0 Å². The van der Waals surface area contributed by atoms with Crippen LogP contribution in [0.5, 0.6) is 0 Å². The molecular formula is C49H88NO8P. The minimum Gasteiger partial charge on any atom is -0.462 e. The lowest BCUT2D eigenvalue weighted by Crippen LogP contribution is -2.29. The van der Waals surface area contributed by atoms with Crippen LogP contribution < -0.4 is 5.73 Å². The van der Waals surface area contributed by atoms with Gasteiger partial charge in [0.15, 0.2) is 6.10 Å². The number of carbonyl (C=O) groups excluding carboxylic acids is 2. The van der Waals surface area contributed by atoms with E-state index in [1.54, 1.807) is 0 Å². The molecule has 10 heteroatoms. The number of hydrogen-bond acceptors (Lipinski definition) is 8. The van der Waals surface area contributed by atoms with Gasteiger partial charge in [-0.25, -0.2) is 4.57 Å². The second-order valence-electron chi connectivity index (χ2n) is 15.7. The zero-order chi connectivity index (χ0) is 43.2. The average Bonchev–Trinajstić information content (AvgIpc) is 3.22. The van der Waals surface area contributed by atoms with E-state index < -0.39 is 32.5 Å². The van der Waals surface area contributed by atoms with Crippen LogP contribution in [0.15, 0.2) is 60.8 Å². The number of esters is 2. The maximum absolute atomic E-state index is 12.6. The Balaban J connectivity index is 4.11. The van der Waals surface area contributed by atoms with Gasteiger partial charge in [0, 0.05) is 19.4 Å². The highest BCUT2D eigenvalue weighted by atomic mass is 31.2. The molecule has 3 N–H and O–H groups in total. The van der Waals surface area contributed by atoms with Crippen molar-refractivity contribution in [1.82, 2.24) is 0 Å². The summed E-state index contributed by atoms with van der Waals surface area (Å²) in [5.74, 6) is -0.892. The molecule has 0 saturated carbocycles. The first kappa shape index (κ1) is 56.7. The maximum Gasteiger partial charge on any atom is 0.472 e. The summed E-state index contributed by atoms with van der Waals surface area (Å²) in [4.78, 5) is 34.9. The smallest absolute Gasteiger partial charge is 0.462 e. The monoisotopic (exact) mass is 850 g/mol. The van der Waals surface area contributed by atoms with Crippen LogP contribution >= 0.6 is 7.82 Å². The van der Waals surface area contributed by atoms with Gasteiger partial charge in [-0.15, -0.1) is 0 Å². The number of ether oxygens (including phenoxy) is 2. The highest BCUT2D eigenvalue weighted by Gasteiger charge is 2.26. The normalized spacial score (nSPS) is 13.8. The van der Waals surface area contributed by atoms with Gasteiger partial charge in [0.1, 0.15) is 6.61 Å². The van der Waals surface area contributed by atoms with E-state index in [1.807, 2.05) is 30.4 Å². The standard InChI is InChI=1S/C49H88NO8P/c1-3-5-7-9-11-13-15-17-19-20-21-22-23-24-25-26-28-30-32-34-36-38-40-42-49(52)58-47(46-57-59(53,54)56-44-43-50)45-55-48(51)41-39-37-35-33-31-29-27-18-16-14-12-10-8-6-4-2/h6,8,10,12,14,16,18,27,34,36,47H,3-5,7,9,11,13,15,17,19-26,28-33,35,37-46,50H2,1-2H3,(H,53,54)/b8-6+,12-10+,16-14+,27-18+,36-34+/t47-/m1/s1. The summed E-state index contributed by atoms with van der Waals surface area (Å²) in [7, 11) is -4.39. The van der Waals surface area contributed by atoms with Crippen molar-refractivity contribution >= 4 is 19.8 Å². The lowest BCUT2D eigenvalue weighted by Gasteiger charge is -2.19. The van der Waals surface area contributed by atoms with Crippen molar-refractivity contribution < 1.29 is 37.6 Å². The van der Waals surface area contributed by atoms with Crippen LogP contribution in [0.3, 0.4) is 0 Å². The van der Waals surface area contributed by atoms with E-state index in [-0.39, 0.29) is 32.6 Å². The van der Waals surface area contributed by atoms with Crippen LogP contribution in [0.25, 0.3) is 0 Å². The molecule has 0 bridgehead atoms. The van der Waals surface area contributed by atoms with Crippen LogP contribution in [0, 0.1) is 0 Å². The van der Waals surface area contributed by atoms with Crippen LogP contribution in [0.4, 0.5) is 0 Å².